The van der Waals surface area contributed by atoms with Gasteiger partial charge in [-0.3, -0.25) is 0 Å². The molecule has 0 saturated carbocycles. The molecule has 0 aliphatic rings. The van der Waals surface area contributed by atoms with E-state index in [0.717, 1.165) is 6.33 Å². The number of rotatable bonds is 4. The Hall–Kier alpha value is -2.54. The van der Waals surface area contributed by atoms with E-state index in [4.69, 9.17) is 11.6 Å². The van der Waals surface area contributed by atoms with Gasteiger partial charge in [-0.1, -0.05) is 23.7 Å². The van der Waals surface area contributed by atoms with Gasteiger partial charge in [0.25, 0.3) is 6.43 Å². The number of hydrogen-bond acceptors (Lipinski definition) is 4. The van der Waals surface area contributed by atoms with Crippen molar-refractivity contribution >= 4 is 23.1 Å². The van der Waals surface area contributed by atoms with Gasteiger partial charge >= 0.3 is 0 Å². The SMILES string of the molecule is FC(F)c1cc(Nc2cnn(-c3ccccc3Cl)c2)ncn1. The van der Waals surface area contributed by atoms with Gasteiger partial charge in [0, 0.05) is 6.07 Å². The third kappa shape index (κ3) is 3.04. The first-order chi connectivity index (χ1) is 10.6. The lowest BCUT2D eigenvalue weighted by molar-refractivity contribution is 0.146. The summed E-state index contributed by atoms with van der Waals surface area (Å²) in [6, 6.07) is 8.43. The molecule has 2 aromatic heterocycles. The number of benzene rings is 1. The normalized spacial score (nSPS) is 10.9. The number of aromatic nitrogens is 4. The van der Waals surface area contributed by atoms with Crippen LogP contribution in [0.5, 0.6) is 0 Å². The standard InChI is InChI=1S/C14H10ClF2N5/c15-10-3-1-2-4-12(10)22-7-9(6-20-22)21-13-5-11(14(16)17)18-8-19-13/h1-8,14H,(H,18,19,21). The highest BCUT2D eigenvalue weighted by atomic mass is 35.5. The minimum atomic E-state index is -2.64. The van der Waals surface area contributed by atoms with Crippen molar-refractivity contribution in [1.29, 1.82) is 0 Å². The fraction of sp³-hybridized carbons (Fsp3) is 0.0714. The van der Waals surface area contributed by atoms with Crippen LogP contribution in [-0.4, -0.2) is 19.7 Å². The highest BCUT2D eigenvalue weighted by Crippen LogP contribution is 2.23. The fourth-order valence-electron chi connectivity index (χ4n) is 1.86. The monoisotopic (exact) mass is 321 g/mol. The van der Waals surface area contributed by atoms with E-state index in [1.807, 2.05) is 18.2 Å². The van der Waals surface area contributed by atoms with Crippen molar-refractivity contribution in [2.75, 3.05) is 5.32 Å². The Bertz CT molecular complexity index is 790. The van der Waals surface area contributed by atoms with Crippen LogP contribution in [0, 0.1) is 0 Å². The molecule has 1 aromatic carbocycles. The molecule has 1 N–H and O–H groups in total. The smallest absolute Gasteiger partial charge is 0.280 e. The lowest BCUT2D eigenvalue weighted by atomic mass is 10.3. The molecule has 0 aliphatic carbocycles. The van der Waals surface area contributed by atoms with Gasteiger partial charge in [0.2, 0.25) is 0 Å². The summed E-state index contributed by atoms with van der Waals surface area (Å²) in [4.78, 5) is 7.40. The molecule has 0 amide bonds. The van der Waals surface area contributed by atoms with E-state index in [1.165, 1.54) is 6.07 Å². The minimum Gasteiger partial charge on any atom is -0.338 e. The molecule has 5 nitrogen and oxygen atoms in total. The average Bonchev–Trinajstić information content (AvgIpc) is 2.96. The Morgan fingerprint density at radius 3 is 2.77 bits per heavy atom. The highest BCUT2D eigenvalue weighted by molar-refractivity contribution is 6.32. The summed E-state index contributed by atoms with van der Waals surface area (Å²) < 4.78 is 26.8. The molecule has 3 rings (SSSR count). The third-order valence-corrected chi connectivity index (χ3v) is 3.19. The number of anilines is 2. The van der Waals surface area contributed by atoms with Gasteiger partial charge in [0.15, 0.2) is 0 Å². The summed E-state index contributed by atoms with van der Waals surface area (Å²) in [6.07, 6.45) is 1.68. The molecule has 3 aromatic rings. The molecular weight excluding hydrogens is 312 g/mol. The van der Waals surface area contributed by atoms with Crippen molar-refractivity contribution in [2.24, 2.45) is 0 Å². The summed E-state index contributed by atoms with van der Waals surface area (Å²) in [6.45, 7) is 0. The first-order valence-electron chi connectivity index (χ1n) is 6.30. The molecule has 0 bridgehead atoms. The van der Waals surface area contributed by atoms with Gasteiger partial charge < -0.3 is 5.32 Å². The molecule has 112 valence electrons. The van der Waals surface area contributed by atoms with Crippen LogP contribution in [0.2, 0.25) is 5.02 Å². The lowest BCUT2D eigenvalue weighted by Gasteiger charge is -2.05. The molecule has 0 atom stereocenters. The van der Waals surface area contributed by atoms with Crippen LogP contribution in [0.25, 0.3) is 5.69 Å². The van der Waals surface area contributed by atoms with E-state index < -0.39 is 6.43 Å². The predicted molar refractivity (Wildman–Crippen MR) is 78.8 cm³/mol. The zero-order chi connectivity index (χ0) is 15.5. The molecule has 0 unspecified atom stereocenters. The largest absolute Gasteiger partial charge is 0.338 e. The molecular formula is C14H10ClF2N5. The van der Waals surface area contributed by atoms with Crippen molar-refractivity contribution in [3.63, 3.8) is 0 Å². The second kappa shape index (κ2) is 6.07. The van der Waals surface area contributed by atoms with Crippen LogP contribution < -0.4 is 5.32 Å². The Morgan fingerprint density at radius 2 is 2.00 bits per heavy atom. The van der Waals surface area contributed by atoms with Crippen molar-refractivity contribution in [2.45, 2.75) is 6.43 Å². The van der Waals surface area contributed by atoms with Crippen LogP contribution in [0.3, 0.4) is 0 Å². The maximum atomic E-state index is 12.6. The van der Waals surface area contributed by atoms with E-state index in [0.29, 0.717) is 16.4 Å². The van der Waals surface area contributed by atoms with E-state index in [1.54, 1.807) is 23.1 Å². The summed E-state index contributed by atoms with van der Waals surface area (Å²) in [5.41, 5.74) is 0.975. The van der Waals surface area contributed by atoms with Crippen LogP contribution >= 0.6 is 11.6 Å². The summed E-state index contributed by atoms with van der Waals surface area (Å²) in [5, 5.41) is 7.63. The number of hydrogen-bond donors (Lipinski definition) is 1. The Morgan fingerprint density at radius 1 is 1.18 bits per heavy atom. The summed E-state index contributed by atoms with van der Waals surface area (Å²) in [5.74, 6) is 0.268. The highest BCUT2D eigenvalue weighted by Gasteiger charge is 2.10. The second-order valence-corrected chi connectivity index (χ2v) is 4.79. The predicted octanol–water partition coefficient (Wildman–Crippen LogP) is 4.00. The van der Waals surface area contributed by atoms with Crippen molar-refractivity contribution in [1.82, 2.24) is 19.7 Å². The molecule has 8 heteroatoms. The topological polar surface area (TPSA) is 55.6 Å². The molecule has 0 saturated heterocycles. The third-order valence-electron chi connectivity index (χ3n) is 2.87. The van der Waals surface area contributed by atoms with Crippen molar-refractivity contribution in [3.05, 3.63) is 59.8 Å². The van der Waals surface area contributed by atoms with Crippen LogP contribution in [0.1, 0.15) is 12.1 Å². The van der Waals surface area contributed by atoms with E-state index >= 15 is 0 Å². The number of nitrogens with zero attached hydrogens (tertiary/aromatic N) is 4. The number of nitrogens with one attached hydrogen (secondary N) is 1. The van der Waals surface area contributed by atoms with E-state index in [9.17, 15) is 8.78 Å². The van der Waals surface area contributed by atoms with Crippen LogP contribution in [0.15, 0.2) is 49.1 Å². The van der Waals surface area contributed by atoms with Gasteiger partial charge in [0.1, 0.15) is 17.8 Å². The average molecular weight is 322 g/mol. The maximum Gasteiger partial charge on any atom is 0.280 e. The van der Waals surface area contributed by atoms with E-state index in [2.05, 4.69) is 20.4 Å². The summed E-state index contributed by atoms with van der Waals surface area (Å²) in [7, 11) is 0. The van der Waals surface area contributed by atoms with Gasteiger partial charge in [0.05, 0.1) is 28.8 Å². The maximum absolute atomic E-state index is 12.6. The number of alkyl halides is 2. The van der Waals surface area contributed by atoms with Crippen LogP contribution in [0.4, 0.5) is 20.3 Å². The first-order valence-corrected chi connectivity index (χ1v) is 6.68. The zero-order valence-corrected chi connectivity index (χ0v) is 11.9. The van der Waals surface area contributed by atoms with Gasteiger partial charge in [-0.05, 0) is 12.1 Å². The molecule has 0 aliphatic heterocycles. The Labute approximate surface area is 129 Å². The zero-order valence-electron chi connectivity index (χ0n) is 11.1. The van der Waals surface area contributed by atoms with Gasteiger partial charge in [-0.25, -0.2) is 23.4 Å². The molecule has 2 heterocycles. The molecule has 22 heavy (non-hydrogen) atoms. The molecule has 0 fully saturated rings. The first kappa shape index (κ1) is 14.4. The number of para-hydroxylation sites is 1. The Kier molecular flexibility index (Phi) is 3.97. The van der Waals surface area contributed by atoms with Crippen LogP contribution in [-0.2, 0) is 0 Å². The second-order valence-electron chi connectivity index (χ2n) is 4.38. The van der Waals surface area contributed by atoms with Gasteiger partial charge in [-0.2, -0.15) is 5.10 Å². The number of halogens is 3. The quantitative estimate of drug-likeness (QED) is 0.789. The minimum absolute atomic E-state index is 0.268. The molecule has 0 spiro atoms. The van der Waals surface area contributed by atoms with E-state index in [-0.39, 0.29) is 11.5 Å². The van der Waals surface area contributed by atoms with Crippen molar-refractivity contribution in [3.8, 4) is 5.69 Å². The van der Waals surface area contributed by atoms with Crippen molar-refractivity contribution < 1.29 is 8.78 Å². The lowest BCUT2D eigenvalue weighted by Crippen LogP contribution is -1.97. The molecule has 0 radical (unpaired) electrons. The summed E-state index contributed by atoms with van der Waals surface area (Å²) >= 11 is 6.10. The van der Waals surface area contributed by atoms with Gasteiger partial charge in [-0.15, -0.1) is 0 Å². The fourth-order valence-corrected chi connectivity index (χ4v) is 2.09. The Balaban J connectivity index is 1.83.